The molecule has 0 unspecified atom stereocenters. The molecule has 0 saturated heterocycles. The molecule has 0 radical (unpaired) electrons. The Bertz CT molecular complexity index is 482. The Labute approximate surface area is 114 Å². The average Bonchev–Trinajstić information content (AvgIpc) is 2.75. The van der Waals surface area contributed by atoms with Gasteiger partial charge in [-0.05, 0) is 53.9 Å². The normalized spacial score (nSPS) is 10.5. The molecule has 1 heterocycles. The minimum absolute atomic E-state index is 0.535. The van der Waals surface area contributed by atoms with Gasteiger partial charge in [-0.1, -0.05) is 6.07 Å². The van der Waals surface area contributed by atoms with E-state index in [-0.39, 0.29) is 0 Å². The highest BCUT2D eigenvalue weighted by atomic mass is 127. The zero-order valence-corrected chi connectivity index (χ0v) is 11.7. The van der Waals surface area contributed by atoms with Crippen molar-refractivity contribution in [2.24, 2.45) is 0 Å². The summed E-state index contributed by atoms with van der Waals surface area (Å²) in [5, 5.41) is 3.07. The minimum atomic E-state index is 0.535. The van der Waals surface area contributed by atoms with E-state index in [4.69, 9.17) is 9.15 Å². The molecule has 0 bridgehead atoms. The van der Waals surface area contributed by atoms with E-state index in [0.717, 1.165) is 23.6 Å². The Morgan fingerprint density at radius 1 is 1.35 bits per heavy atom. The van der Waals surface area contributed by atoms with Crippen LogP contribution in [0.15, 0.2) is 41.0 Å². The summed E-state index contributed by atoms with van der Waals surface area (Å²) in [5.74, 6) is 1.81. The summed E-state index contributed by atoms with van der Waals surface area (Å²) < 4.78 is 12.3. The highest BCUT2D eigenvalue weighted by molar-refractivity contribution is 14.1. The number of nitrogens with one attached hydrogen (secondary N) is 1. The lowest BCUT2D eigenvalue weighted by molar-refractivity contribution is 0.301. The first-order chi connectivity index (χ1) is 8.29. The molecule has 0 saturated carbocycles. The maximum atomic E-state index is 5.73. The predicted molar refractivity (Wildman–Crippen MR) is 75.0 cm³/mol. The highest BCUT2D eigenvalue weighted by Gasteiger charge is 2.06. The molecule has 0 aliphatic heterocycles. The van der Waals surface area contributed by atoms with Crippen LogP contribution in [0.4, 0.5) is 0 Å². The molecule has 17 heavy (non-hydrogen) atoms. The fraction of sp³-hybridized carbons (Fsp3) is 0.231. The van der Waals surface area contributed by atoms with Gasteiger partial charge in [0.2, 0.25) is 0 Å². The lowest BCUT2D eigenvalue weighted by Crippen LogP contribution is -2.07. The molecule has 0 aliphatic carbocycles. The van der Waals surface area contributed by atoms with Crippen LogP contribution >= 0.6 is 22.6 Å². The van der Waals surface area contributed by atoms with E-state index in [1.54, 1.807) is 6.26 Å². The van der Waals surface area contributed by atoms with Crippen LogP contribution in [0.5, 0.6) is 5.75 Å². The first kappa shape index (κ1) is 12.4. The lowest BCUT2D eigenvalue weighted by atomic mass is 10.2. The molecular formula is C13H14INO2. The molecule has 0 amide bonds. The predicted octanol–water partition coefficient (Wildman–Crippen LogP) is 3.18. The molecule has 0 atom stereocenters. The summed E-state index contributed by atoms with van der Waals surface area (Å²) in [4.78, 5) is 0. The Balaban J connectivity index is 1.99. The van der Waals surface area contributed by atoms with Crippen molar-refractivity contribution >= 4 is 22.6 Å². The summed E-state index contributed by atoms with van der Waals surface area (Å²) in [7, 11) is 1.90. The SMILES string of the molecule is CNCc1occc1COc1cccc(I)c1. The van der Waals surface area contributed by atoms with Crippen LogP contribution < -0.4 is 10.1 Å². The van der Waals surface area contributed by atoms with Crippen molar-refractivity contribution in [1.29, 1.82) is 0 Å². The zero-order chi connectivity index (χ0) is 12.1. The van der Waals surface area contributed by atoms with Crippen LogP contribution in [0.3, 0.4) is 0 Å². The van der Waals surface area contributed by atoms with Crippen molar-refractivity contribution in [2.45, 2.75) is 13.2 Å². The largest absolute Gasteiger partial charge is 0.489 e. The van der Waals surface area contributed by atoms with E-state index in [9.17, 15) is 0 Å². The summed E-state index contributed by atoms with van der Waals surface area (Å²) in [6.07, 6.45) is 1.69. The number of hydrogen-bond donors (Lipinski definition) is 1. The highest BCUT2D eigenvalue weighted by Crippen LogP contribution is 2.18. The van der Waals surface area contributed by atoms with Crippen LogP contribution in [-0.4, -0.2) is 7.05 Å². The summed E-state index contributed by atoms with van der Waals surface area (Å²) in [6.45, 7) is 1.26. The van der Waals surface area contributed by atoms with Gasteiger partial charge in [0.1, 0.15) is 18.1 Å². The molecule has 2 rings (SSSR count). The van der Waals surface area contributed by atoms with Crippen LogP contribution in [0, 0.1) is 3.57 Å². The average molecular weight is 343 g/mol. The fourth-order valence-electron chi connectivity index (χ4n) is 1.53. The minimum Gasteiger partial charge on any atom is -0.489 e. The first-order valence-corrected chi connectivity index (χ1v) is 6.45. The Morgan fingerprint density at radius 2 is 2.24 bits per heavy atom. The van der Waals surface area contributed by atoms with Crippen molar-refractivity contribution in [3.8, 4) is 5.75 Å². The second-order valence-corrected chi connectivity index (χ2v) is 4.89. The third-order valence-electron chi connectivity index (χ3n) is 2.37. The van der Waals surface area contributed by atoms with E-state index < -0.39 is 0 Å². The molecular weight excluding hydrogens is 329 g/mol. The van der Waals surface area contributed by atoms with E-state index in [0.29, 0.717) is 6.61 Å². The van der Waals surface area contributed by atoms with Crippen LogP contribution in [-0.2, 0) is 13.2 Å². The standard InChI is InChI=1S/C13H14INO2/c1-15-8-13-10(5-6-16-13)9-17-12-4-2-3-11(14)7-12/h2-7,15H,8-9H2,1H3. The second kappa shape index (κ2) is 6.07. The van der Waals surface area contributed by atoms with Gasteiger partial charge in [-0.2, -0.15) is 0 Å². The summed E-state index contributed by atoms with van der Waals surface area (Å²) >= 11 is 2.27. The lowest BCUT2D eigenvalue weighted by Gasteiger charge is -2.06. The summed E-state index contributed by atoms with van der Waals surface area (Å²) in [6, 6.07) is 9.94. The van der Waals surface area contributed by atoms with Gasteiger partial charge in [0.05, 0.1) is 12.8 Å². The molecule has 1 aromatic heterocycles. The number of furan rings is 1. The molecule has 2 aromatic rings. The van der Waals surface area contributed by atoms with Crippen LogP contribution in [0.2, 0.25) is 0 Å². The molecule has 1 N–H and O–H groups in total. The Morgan fingerprint density at radius 3 is 3.00 bits per heavy atom. The van der Waals surface area contributed by atoms with Gasteiger partial charge >= 0.3 is 0 Å². The fourth-order valence-corrected chi connectivity index (χ4v) is 2.04. The first-order valence-electron chi connectivity index (χ1n) is 5.38. The smallest absolute Gasteiger partial charge is 0.124 e. The maximum absolute atomic E-state index is 5.73. The van der Waals surface area contributed by atoms with Gasteiger partial charge in [-0.15, -0.1) is 0 Å². The molecule has 1 aromatic carbocycles. The van der Waals surface area contributed by atoms with Crippen molar-refractivity contribution in [3.63, 3.8) is 0 Å². The van der Waals surface area contributed by atoms with Gasteiger partial charge in [0, 0.05) is 9.13 Å². The van der Waals surface area contributed by atoms with Gasteiger partial charge < -0.3 is 14.5 Å². The van der Waals surface area contributed by atoms with E-state index in [2.05, 4.69) is 27.9 Å². The molecule has 4 heteroatoms. The number of ether oxygens (including phenoxy) is 1. The van der Waals surface area contributed by atoms with E-state index in [1.807, 2.05) is 37.4 Å². The number of benzene rings is 1. The summed E-state index contributed by atoms with van der Waals surface area (Å²) in [5.41, 5.74) is 1.08. The quantitative estimate of drug-likeness (QED) is 0.847. The molecule has 90 valence electrons. The third-order valence-corrected chi connectivity index (χ3v) is 3.04. The molecule has 3 nitrogen and oxygen atoms in total. The second-order valence-electron chi connectivity index (χ2n) is 3.65. The Hall–Kier alpha value is -1.01. The monoisotopic (exact) mass is 343 g/mol. The van der Waals surface area contributed by atoms with Crippen molar-refractivity contribution in [2.75, 3.05) is 7.05 Å². The van der Waals surface area contributed by atoms with Crippen molar-refractivity contribution < 1.29 is 9.15 Å². The molecule has 0 fully saturated rings. The van der Waals surface area contributed by atoms with Gasteiger partial charge in [-0.3, -0.25) is 0 Å². The van der Waals surface area contributed by atoms with Crippen LogP contribution in [0.25, 0.3) is 0 Å². The van der Waals surface area contributed by atoms with E-state index >= 15 is 0 Å². The number of rotatable bonds is 5. The molecule has 0 aliphatic rings. The molecule has 0 spiro atoms. The van der Waals surface area contributed by atoms with E-state index in [1.165, 1.54) is 3.57 Å². The van der Waals surface area contributed by atoms with Crippen molar-refractivity contribution in [1.82, 2.24) is 5.32 Å². The van der Waals surface area contributed by atoms with Gasteiger partial charge in [0.15, 0.2) is 0 Å². The maximum Gasteiger partial charge on any atom is 0.124 e. The van der Waals surface area contributed by atoms with Gasteiger partial charge in [0.25, 0.3) is 0 Å². The Kier molecular flexibility index (Phi) is 4.44. The van der Waals surface area contributed by atoms with Crippen LogP contribution in [0.1, 0.15) is 11.3 Å². The third kappa shape index (κ3) is 3.47. The van der Waals surface area contributed by atoms with Crippen molar-refractivity contribution in [3.05, 3.63) is 51.5 Å². The van der Waals surface area contributed by atoms with Gasteiger partial charge in [-0.25, -0.2) is 0 Å². The zero-order valence-electron chi connectivity index (χ0n) is 9.57. The number of hydrogen-bond acceptors (Lipinski definition) is 3. The topological polar surface area (TPSA) is 34.4 Å². The number of halogens is 1.